The van der Waals surface area contributed by atoms with Crippen LogP contribution >= 0.6 is 24.0 Å². The van der Waals surface area contributed by atoms with Gasteiger partial charge in [0.2, 0.25) is 5.91 Å². The lowest BCUT2D eigenvalue weighted by atomic mass is 10.0. The van der Waals surface area contributed by atoms with Crippen molar-refractivity contribution in [3.8, 4) is 0 Å². The molecule has 0 aromatic rings. The number of rotatable bonds is 6. The lowest BCUT2D eigenvalue weighted by molar-refractivity contribution is -0.127. The van der Waals surface area contributed by atoms with Crippen LogP contribution in [0.4, 0.5) is 0 Å². The molecule has 0 saturated carbocycles. The average molecular weight is 467 g/mol. The quantitative estimate of drug-likeness (QED) is 0.343. The summed E-state index contributed by atoms with van der Waals surface area (Å²) in [6.07, 6.45) is 3.43. The number of nitrogens with zero attached hydrogens (tertiary/aromatic N) is 3. The van der Waals surface area contributed by atoms with Crippen LogP contribution in [0.5, 0.6) is 0 Å². The summed E-state index contributed by atoms with van der Waals surface area (Å²) in [5.41, 5.74) is 0. The van der Waals surface area contributed by atoms with Gasteiger partial charge in [-0.1, -0.05) is 0 Å². The summed E-state index contributed by atoms with van der Waals surface area (Å²) in [4.78, 5) is 20.2. The maximum atomic E-state index is 11.7. The number of likely N-dealkylation sites (tertiary alicyclic amines) is 1. The van der Waals surface area contributed by atoms with Gasteiger partial charge in [0.15, 0.2) is 5.96 Å². The third-order valence-electron chi connectivity index (χ3n) is 4.68. The minimum atomic E-state index is 0. The van der Waals surface area contributed by atoms with E-state index in [-0.39, 0.29) is 36.4 Å². The van der Waals surface area contributed by atoms with Crippen LogP contribution in [0.3, 0.4) is 0 Å². The Bertz CT molecular complexity index is 419. The van der Waals surface area contributed by atoms with Crippen molar-refractivity contribution in [3.63, 3.8) is 0 Å². The van der Waals surface area contributed by atoms with Crippen molar-refractivity contribution in [2.24, 2.45) is 10.9 Å². The first-order valence-electron chi connectivity index (χ1n) is 9.13. The smallest absolute Gasteiger partial charge is 0.243 e. The third-order valence-corrected chi connectivity index (χ3v) is 4.68. The van der Waals surface area contributed by atoms with E-state index in [2.05, 4.69) is 20.5 Å². The number of nitrogens with one attached hydrogen (secondary N) is 2. The fourth-order valence-electron chi connectivity index (χ4n) is 3.15. The Morgan fingerprint density at radius 2 is 2.00 bits per heavy atom. The molecular formula is C17H34IN5O2. The van der Waals surface area contributed by atoms with Gasteiger partial charge in [0, 0.05) is 52.9 Å². The molecule has 2 fully saturated rings. The van der Waals surface area contributed by atoms with Crippen LogP contribution in [0.1, 0.15) is 26.2 Å². The predicted octanol–water partition coefficient (Wildman–Crippen LogP) is 0.749. The fraction of sp³-hybridized carbons (Fsp3) is 0.882. The number of amides is 1. The molecule has 2 heterocycles. The van der Waals surface area contributed by atoms with Crippen molar-refractivity contribution in [2.45, 2.75) is 32.2 Å². The van der Waals surface area contributed by atoms with Gasteiger partial charge >= 0.3 is 0 Å². The van der Waals surface area contributed by atoms with Crippen molar-refractivity contribution >= 4 is 35.8 Å². The number of carbonyl (C=O) groups is 1. The number of likely N-dealkylation sites (N-methyl/N-ethyl adjacent to an activating group) is 1. The Kier molecular flexibility index (Phi) is 10.7. The molecule has 2 aliphatic heterocycles. The van der Waals surface area contributed by atoms with E-state index in [1.54, 1.807) is 19.0 Å². The normalized spacial score (nSPS) is 22.4. The fourth-order valence-corrected chi connectivity index (χ4v) is 3.15. The highest BCUT2D eigenvalue weighted by Gasteiger charge is 2.24. The molecule has 1 unspecified atom stereocenters. The summed E-state index contributed by atoms with van der Waals surface area (Å²) in [5, 5.41) is 6.71. The number of carbonyl (C=O) groups excluding carboxylic acids is 1. The Balaban J connectivity index is 0.00000312. The molecule has 2 saturated heterocycles. The summed E-state index contributed by atoms with van der Waals surface area (Å²) in [7, 11) is 3.51. The summed E-state index contributed by atoms with van der Waals surface area (Å²) >= 11 is 0. The summed E-state index contributed by atoms with van der Waals surface area (Å²) < 4.78 is 5.47. The molecule has 146 valence electrons. The molecule has 1 amide bonds. The zero-order chi connectivity index (χ0) is 17.4. The average Bonchev–Trinajstić information content (AvgIpc) is 3.07. The summed E-state index contributed by atoms with van der Waals surface area (Å²) in [6.45, 7) is 8.27. The topological polar surface area (TPSA) is 69.2 Å². The molecule has 0 bridgehead atoms. The van der Waals surface area contributed by atoms with Crippen LogP contribution in [0.2, 0.25) is 0 Å². The molecule has 25 heavy (non-hydrogen) atoms. The maximum absolute atomic E-state index is 11.7. The highest BCUT2D eigenvalue weighted by atomic mass is 127. The second kappa shape index (κ2) is 11.9. The van der Waals surface area contributed by atoms with Crippen molar-refractivity contribution in [1.82, 2.24) is 20.4 Å². The van der Waals surface area contributed by atoms with E-state index in [0.29, 0.717) is 12.0 Å². The van der Waals surface area contributed by atoms with Crippen LogP contribution in [0.15, 0.2) is 4.99 Å². The van der Waals surface area contributed by atoms with E-state index < -0.39 is 0 Å². The summed E-state index contributed by atoms with van der Waals surface area (Å²) in [6, 6.07) is 0.424. The van der Waals surface area contributed by atoms with E-state index in [9.17, 15) is 4.79 Å². The summed E-state index contributed by atoms with van der Waals surface area (Å²) in [5.74, 6) is 1.47. The zero-order valence-corrected chi connectivity index (χ0v) is 18.1. The number of ether oxygens (including phenoxy) is 1. The van der Waals surface area contributed by atoms with Crippen molar-refractivity contribution in [2.75, 3.05) is 60.0 Å². The molecule has 8 heteroatoms. The van der Waals surface area contributed by atoms with Crippen LogP contribution in [-0.2, 0) is 9.53 Å². The lowest BCUT2D eigenvalue weighted by Gasteiger charge is -2.34. The van der Waals surface area contributed by atoms with Crippen LogP contribution in [0, 0.1) is 5.92 Å². The number of guanidine groups is 1. The van der Waals surface area contributed by atoms with Crippen molar-refractivity contribution in [1.29, 1.82) is 0 Å². The van der Waals surface area contributed by atoms with Gasteiger partial charge in [0.05, 0.1) is 6.61 Å². The first-order valence-corrected chi connectivity index (χ1v) is 9.13. The minimum Gasteiger partial charge on any atom is -0.381 e. The van der Waals surface area contributed by atoms with Gasteiger partial charge in [-0.15, -0.1) is 24.0 Å². The number of halogens is 1. The molecule has 2 aliphatic rings. The lowest BCUT2D eigenvalue weighted by Crippen LogP contribution is -2.49. The van der Waals surface area contributed by atoms with E-state index in [4.69, 9.17) is 4.74 Å². The SMILES string of the molecule is CCNC(=NCC(=O)N(C)C)NC1CCN(CC2CCOC2)CC1.I. The first-order chi connectivity index (χ1) is 11.6. The Morgan fingerprint density at radius 3 is 2.56 bits per heavy atom. The monoisotopic (exact) mass is 467 g/mol. The number of hydrogen-bond donors (Lipinski definition) is 2. The molecule has 0 radical (unpaired) electrons. The van der Waals surface area contributed by atoms with Gasteiger partial charge in [0.25, 0.3) is 0 Å². The Hall–Kier alpha value is -0.610. The van der Waals surface area contributed by atoms with Gasteiger partial charge < -0.3 is 25.2 Å². The molecule has 0 aromatic carbocycles. The third kappa shape index (κ3) is 8.08. The Morgan fingerprint density at radius 1 is 1.28 bits per heavy atom. The second-order valence-corrected chi connectivity index (χ2v) is 6.93. The molecule has 0 spiro atoms. The van der Waals surface area contributed by atoms with Crippen molar-refractivity contribution < 1.29 is 9.53 Å². The Labute approximate surface area is 169 Å². The van der Waals surface area contributed by atoms with Gasteiger partial charge in [-0.2, -0.15) is 0 Å². The molecule has 0 aromatic heterocycles. The largest absolute Gasteiger partial charge is 0.381 e. The highest BCUT2D eigenvalue weighted by Crippen LogP contribution is 2.17. The van der Waals surface area contributed by atoms with Gasteiger partial charge in [-0.3, -0.25) is 4.79 Å². The first kappa shape index (κ1) is 22.4. The number of aliphatic imine (C=N–C) groups is 1. The molecule has 7 nitrogen and oxygen atoms in total. The van der Waals surface area contributed by atoms with Gasteiger partial charge in [-0.25, -0.2) is 4.99 Å². The van der Waals surface area contributed by atoms with Gasteiger partial charge in [-0.05, 0) is 32.1 Å². The van der Waals surface area contributed by atoms with Gasteiger partial charge in [0.1, 0.15) is 6.54 Å². The predicted molar refractivity (Wildman–Crippen MR) is 112 cm³/mol. The number of piperidine rings is 1. The van der Waals surface area contributed by atoms with E-state index in [1.165, 1.54) is 6.42 Å². The zero-order valence-electron chi connectivity index (χ0n) is 15.8. The minimum absolute atomic E-state index is 0. The molecule has 1 atom stereocenters. The van der Waals surface area contributed by atoms with Crippen molar-refractivity contribution in [3.05, 3.63) is 0 Å². The maximum Gasteiger partial charge on any atom is 0.243 e. The molecular weight excluding hydrogens is 433 g/mol. The highest BCUT2D eigenvalue weighted by molar-refractivity contribution is 14.0. The number of hydrogen-bond acceptors (Lipinski definition) is 4. The standard InChI is InChI=1S/C17H33N5O2.HI/c1-4-18-17(19-11-16(23)21(2)3)20-15-5-8-22(9-6-15)12-14-7-10-24-13-14;/h14-15H,4-13H2,1-3H3,(H2,18,19,20);1H. The second-order valence-electron chi connectivity index (χ2n) is 6.93. The molecule has 0 aliphatic carbocycles. The van der Waals surface area contributed by atoms with Crippen LogP contribution in [0.25, 0.3) is 0 Å². The van der Waals surface area contributed by atoms with Crippen LogP contribution in [-0.4, -0.2) is 87.7 Å². The molecule has 2 rings (SSSR count). The van der Waals surface area contributed by atoms with E-state index in [1.807, 2.05) is 6.92 Å². The van der Waals surface area contributed by atoms with E-state index in [0.717, 1.165) is 58.2 Å². The van der Waals surface area contributed by atoms with E-state index >= 15 is 0 Å². The van der Waals surface area contributed by atoms with Crippen LogP contribution < -0.4 is 10.6 Å². The molecule has 2 N–H and O–H groups in total.